The summed E-state index contributed by atoms with van der Waals surface area (Å²) in [6, 6.07) is 7.91. The molecule has 2 N–H and O–H groups in total. The number of carbonyl (C=O) groups is 3. The molecule has 2 bridgehead atoms. The molecule has 0 aliphatic carbocycles. The quantitative estimate of drug-likeness (QED) is 0.164. The molecule has 1 unspecified atom stereocenters. The van der Waals surface area contributed by atoms with E-state index in [1.165, 1.54) is 37.6 Å². The Morgan fingerprint density at radius 1 is 1.23 bits per heavy atom. The monoisotopic (exact) mass is 607 g/mol. The number of nitrogens with zero attached hydrogens (tertiary/aromatic N) is 3. The average molecular weight is 608 g/mol. The summed E-state index contributed by atoms with van der Waals surface area (Å²) in [7, 11) is 1.38. The Labute approximate surface area is 254 Å². The van der Waals surface area contributed by atoms with Crippen LogP contribution in [0, 0.1) is 17.6 Å². The molecule has 0 radical (unpaired) electrons. The molecule has 10 nitrogen and oxygen atoms in total. The second kappa shape index (κ2) is 13.0. The van der Waals surface area contributed by atoms with Crippen LogP contribution in [0.4, 0.5) is 20.2 Å². The highest BCUT2D eigenvalue weighted by Gasteiger charge is 2.53. The number of hydrogen-bond donors (Lipinski definition) is 2. The highest BCUT2D eigenvalue weighted by atomic mass is 19.1. The van der Waals surface area contributed by atoms with Gasteiger partial charge in [0.25, 0.3) is 5.91 Å². The van der Waals surface area contributed by atoms with Crippen LogP contribution < -0.4 is 20.3 Å². The summed E-state index contributed by atoms with van der Waals surface area (Å²) in [4.78, 5) is 48.3. The molecule has 232 valence electrons. The van der Waals surface area contributed by atoms with Crippen molar-refractivity contribution in [1.29, 1.82) is 0 Å². The van der Waals surface area contributed by atoms with E-state index in [0.717, 1.165) is 31.7 Å². The first-order chi connectivity index (χ1) is 21.2. The maximum Gasteiger partial charge on any atom is 0.310 e. The second-order valence-corrected chi connectivity index (χ2v) is 11.2. The van der Waals surface area contributed by atoms with Crippen LogP contribution in [0.15, 0.2) is 42.6 Å². The predicted molar refractivity (Wildman–Crippen MR) is 160 cm³/mol. The lowest BCUT2D eigenvalue weighted by Crippen LogP contribution is -2.54. The van der Waals surface area contributed by atoms with Crippen molar-refractivity contribution < 1.29 is 32.6 Å². The normalized spacial score (nSPS) is 19.5. The second-order valence-electron chi connectivity index (χ2n) is 11.2. The molecule has 2 aliphatic heterocycles. The van der Waals surface area contributed by atoms with E-state index in [2.05, 4.69) is 27.5 Å². The van der Waals surface area contributed by atoms with Gasteiger partial charge < -0.3 is 19.7 Å². The number of fused-ring (bicyclic) bond motifs is 2. The molecule has 2 aliphatic rings. The molecule has 1 aromatic heterocycles. The number of methoxy groups -OCH3 is 1. The zero-order valence-corrected chi connectivity index (χ0v) is 24.9. The lowest BCUT2D eigenvalue weighted by Gasteiger charge is -2.36. The minimum atomic E-state index is -0.946. The van der Waals surface area contributed by atoms with E-state index in [0.29, 0.717) is 24.9 Å². The van der Waals surface area contributed by atoms with Crippen LogP contribution >= 0.6 is 0 Å². The molecule has 5 rings (SSSR count). The van der Waals surface area contributed by atoms with Gasteiger partial charge in [-0.2, -0.15) is 0 Å². The van der Waals surface area contributed by atoms with Crippen molar-refractivity contribution in [2.45, 2.75) is 57.7 Å². The van der Waals surface area contributed by atoms with Crippen molar-refractivity contribution in [3.63, 3.8) is 0 Å². The van der Waals surface area contributed by atoms with E-state index in [4.69, 9.17) is 9.47 Å². The van der Waals surface area contributed by atoms with Crippen molar-refractivity contribution in [2.24, 2.45) is 5.92 Å². The number of esters is 1. The number of hydrogen-bond acceptors (Lipinski definition) is 9. The smallest absolute Gasteiger partial charge is 0.310 e. The molecule has 3 aromatic rings. The van der Waals surface area contributed by atoms with Gasteiger partial charge in [0.1, 0.15) is 23.1 Å². The highest BCUT2D eigenvalue weighted by molar-refractivity contribution is 6.05. The van der Waals surface area contributed by atoms with Gasteiger partial charge in [0, 0.05) is 31.3 Å². The summed E-state index contributed by atoms with van der Waals surface area (Å²) in [6.45, 7) is 4.69. The fourth-order valence-corrected chi connectivity index (χ4v) is 5.77. The number of amides is 1. The molecule has 0 saturated carbocycles. The molecular weight excluding hydrogens is 572 g/mol. The van der Waals surface area contributed by atoms with E-state index in [9.17, 15) is 23.2 Å². The number of carbonyl (C=O) groups excluding carboxylic acids is 3. The highest BCUT2D eigenvalue weighted by Crippen LogP contribution is 2.41. The summed E-state index contributed by atoms with van der Waals surface area (Å²) in [6.07, 6.45) is 5.99. The topological polar surface area (TPSA) is 123 Å². The third kappa shape index (κ3) is 6.26. The predicted octanol–water partition coefficient (Wildman–Crippen LogP) is 5.13. The Morgan fingerprint density at radius 3 is 2.80 bits per heavy atom. The standard InChI is InChI=1S/C32H35F2N5O5/c1-4-5-6-8-19(2)31(42)44-32-15-21(16-36-32)39(18-32)26-13-20(17-40)23(34)14-25(26)38-30(41)24-11-12-35-29(37-24)28-22(33)9-7-10-27(28)43-3/h7,9-14,17,19,21,36H,4-6,8,15-16,18H2,1-3H3,(H,38,41)/t19?,21-,32-/m0/s1. The van der Waals surface area contributed by atoms with Gasteiger partial charge in [0.2, 0.25) is 0 Å². The molecule has 0 spiro atoms. The molecule has 3 heterocycles. The number of ether oxygens (including phenoxy) is 2. The van der Waals surface area contributed by atoms with Crippen LogP contribution in [0.25, 0.3) is 11.4 Å². The maximum absolute atomic E-state index is 14.9. The largest absolute Gasteiger partial charge is 0.496 e. The van der Waals surface area contributed by atoms with E-state index in [1.807, 2.05) is 11.8 Å². The number of halogens is 2. The Balaban J connectivity index is 1.40. The summed E-state index contributed by atoms with van der Waals surface area (Å²) < 4.78 is 40.8. The van der Waals surface area contributed by atoms with Gasteiger partial charge in [0.15, 0.2) is 17.8 Å². The molecular formula is C32H35F2N5O5. The number of aromatic nitrogens is 2. The van der Waals surface area contributed by atoms with Gasteiger partial charge in [-0.3, -0.25) is 19.7 Å². The van der Waals surface area contributed by atoms with E-state index in [-0.39, 0.29) is 58.6 Å². The third-order valence-corrected chi connectivity index (χ3v) is 8.14. The first-order valence-corrected chi connectivity index (χ1v) is 14.7. The van der Waals surface area contributed by atoms with Gasteiger partial charge in [-0.15, -0.1) is 0 Å². The molecule has 2 aromatic carbocycles. The fourth-order valence-electron chi connectivity index (χ4n) is 5.77. The van der Waals surface area contributed by atoms with Crippen molar-refractivity contribution in [3.05, 3.63) is 65.5 Å². The summed E-state index contributed by atoms with van der Waals surface area (Å²) in [5.41, 5.74) is -0.737. The van der Waals surface area contributed by atoms with Gasteiger partial charge in [-0.1, -0.05) is 39.2 Å². The number of nitrogens with one attached hydrogen (secondary N) is 2. The first-order valence-electron chi connectivity index (χ1n) is 14.7. The van der Waals surface area contributed by atoms with Crippen molar-refractivity contribution >= 4 is 29.5 Å². The van der Waals surface area contributed by atoms with Crippen LogP contribution in [0.2, 0.25) is 0 Å². The first kappa shape index (κ1) is 31.0. The Kier molecular flexibility index (Phi) is 9.19. The number of anilines is 2. The van der Waals surface area contributed by atoms with E-state index < -0.39 is 23.3 Å². The number of aldehydes is 1. The Hall–Kier alpha value is -4.45. The van der Waals surface area contributed by atoms with Crippen molar-refractivity contribution in [2.75, 3.05) is 30.4 Å². The van der Waals surface area contributed by atoms with E-state index in [1.54, 1.807) is 6.07 Å². The molecule has 3 atom stereocenters. The molecule has 2 saturated heterocycles. The van der Waals surface area contributed by atoms with Gasteiger partial charge in [0.05, 0.1) is 42.1 Å². The molecule has 1 amide bonds. The van der Waals surface area contributed by atoms with Crippen LogP contribution in [-0.4, -0.2) is 60.1 Å². The third-order valence-electron chi connectivity index (χ3n) is 8.14. The van der Waals surface area contributed by atoms with Crippen LogP contribution in [-0.2, 0) is 9.53 Å². The maximum atomic E-state index is 14.9. The molecule has 12 heteroatoms. The number of rotatable bonds is 12. The number of unbranched alkanes of at least 4 members (excludes halogenated alkanes) is 2. The Bertz CT molecular complexity index is 1570. The van der Waals surface area contributed by atoms with Gasteiger partial charge in [-0.05, 0) is 30.7 Å². The van der Waals surface area contributed by atoms with E-state index >= 15 is 0 Å². The summed E-state index contributed by atoms with van der Waals surface area (Å²) >= 11 is 0. The SMILES string of the molecule is CCCCCC(C)C(=O)O[C@]12C[C@@H](CN1)N(c1cc(C=O)c(F)cc1NC(=O)c1ccnc(-c3c(F)cccc3OC)n1)C2. The zero-order valence-electron chi connectivity index (χ0n) is 24.9. The summed E-state index contributed by atoms with van der Waals surface area (Å²) in [5, 5.41) is 6.01. The van der Waals surface area contributed by atoms with Crippen LogP contribution in [0.3, 0.4) is 0 Å². The van der Waals surface area contributed by atoms with Gasteiger partial charge in [-0.25, -0.2) is 18.7 Å². The van der Waals surface area contributed by atoms with Crippen LogP contribution in [0.1, 0.15) is 66.8 Å². The van der Waals surface area contributed by atoms with Crippen molar-refractivity contribution in [3.8, 4) is 17.1 Å². The summed E-state index contributed by atoms with van der Waals surface area (Å²) in [5.74, 6) is -2.56. The Morgan fingerprint density at radius 2 is 2.05 bits per heavy atom. The zero-order chi connectivity index (χ0) is 31.4. The number of piperazine rings is 1. The van der Waals surface area contributed by atoms with Crippen LogP contribution in [0.5, 0.6) is 5.75 Å². The minimum Gasteiger partial charge on any atom is -0.496 e. The number of benzene rings is 2. The molecule has 2 fully saturated rings. The lowest BCUT2D eigenvalue weighted by atomic mass is 10.0. The fraction of sp³-hybridized carbons (Fsp3) is 0.406. The minimum absolute atomic E-state index is 0.00756. The lowest BCUT2D eigenvalue weighted by molar-refractivity contribution is -0.164. The van der Waals surface area contributed by atoms with Gasteiger partial charge >= 0.3 is 5.97 Å². The average Bonchev–Trinajstić information content (AvgIpc) is 3.59. The molecule has 44 heavy (non-hydrogen) atoms. The van der Waals surface area contributed by atoms with Crippen molar-refractivity contribution in [1.82, 2.24) is 15.3 Å².